The zero-order valence-corrected chi connectivity index (χ0v) is 14.0. The van der Waals surface area contributed by atoms with Gasteiger partial charge in [-0.05, 0) is 49.7 Å². The SMILES string of the molecule is O=c1[nH]c(CN2CCCCC2)nc2cc(-c3ccc(F)cc3)sc12. The van der Waals surface area contributed by atoms with Crippen molar-refractivity contribution < 1.29 is 4.39 Å². The third-order valence-electron chi connectivity index (χ3n) is 4.38. The lowest BCUT2D eigenvalue weighted by atomic mass is 10.1. The maximum Gasteiger partial charge on any atom is 0.268 e. The molecule has 0 amide bonds. The molecule has 1 aliphatic heterocycles. The minimum absolute atomic E-state index is 0.0922. The summed E-state index contributed by atoms with van der Waals surface area (Å²) in [6.45, 7) is 2.81. The molecule has 4 rings (SSSR count). The van der Waals surface area contributed by atoms with Gasteiger partial charge in [-0.25, -0.2) is 9.37 Å². The van der Waals surface area contributed by atoms with Crippen molar-refractivity contribution in [1.29, 1.82) is 0 Å². The van der Waals surface area contributed by atoms with Crippen LogP contribution in [0.2, 0.25) is 0 Å². The number of aromatic amines is 1. The molecule has 0 bridgehead atoms. The summed E-state index contributed by atoms with van der Waals surface area (Å²) >= 11 is 1.40. The topological polar surface area (TPSA) is 49.0 Å². The number of benzene rings is 1. The number of rotatable bonds is 3. The lowest BCUT2D eigenvalue weighted by Crippen LogP contribution is -2.30. The molecule has 0 atom stereocenters. The molecule has 0 spiro atoms. The van der Waals surface area contributed by atoms with Gasteiger partial charge in [-0.1, -0.05) is 18.6 Å². The lowest BCUT2D eigenvalue weighted by Gasteiger charge is -2.25. The average molecular weight is 343 g/mol. The van der Waals surface area contributed by atoms with Gasteiger partial charge >= 0.3 is 0 Å². The van der Waals surface area contributed by atoms with Crippen molar-refractivity contribution in [1.82, 2.24) is 14.9 Å². The lowest BCUT2D eigenvalue weighted by molar-refractivity contribution is 0.216. The Kier molecular flexibility index (Phi) is 4.16. The number of hydrogen-bond acceptors (Lipinski definition) is 4. The predicted octanol–water partition coefficient (Wildman–Crippen LogP) is 3.78. The van der Waals surface area contributed by atoms with E-state index in [0.29, 0.717) is 11.2 Å². The first-order chi connectivity index (χ1) is 11.7. The van der Waals surface area contributed by atoms with Crippen molar-refractivity contribution >= 4 is 21.6 Å². The van der Waals surface area contributed by atoms with Crippen molar-refractivity contribution in [2.24, 2.45) is 0 Å². The van der Waals surface area contributed by atoms with Crippen molar-refractivity contribution in [3.8, 4) is 10.4 Å². The predicted molar refractivity (Wildman–Crippen MR) is 94.8 cm³/mol. The number of H-pyrrole nitrogens is 1. The standard InChI is InChI=1S/C18H18FN3OS/c19-13-6-4-12(5-7-13)15-10-14-17(24-15)18(23)21-16(20-14)11-22-8-2-1-3-9-22/h4-7,10H,1-3,8-9,11H2,(H,20,21,23). The quantitative estimate of drug-likeness (QED) is 0.787. The van der Waals surface area contributed by atoms with Crippen LogP contribution in [-0.4, -0.2) is 28.0 Å². The minimum atomic E-state index is -0.264. The van der Waals surface area contributed by atoms with Gasteiger partial charge in [0, 0.05) is 4.88 Å². The van der Waals surface area contributed by atoms with Crippen LogP contribution >= 0.6 is 11.3 Å². The second kappa shape index (κ2) is 6.45. The maximum atomic E-state index is 13.1. The van der Waals surface area contributed by atoms with Gasteiger partial charge in [0.05, 0.1) is 12.1 Å². The molecule has 3 heterocycles. The molecule has 1 aliphatic rings. The highest BCUT2D eigenvalue weighted by Gasteiger charge is 2.14. The molecule has 0 unspecified atom stereocenters. The Labute approximate surface area is 143 Å². The molecule has 6 heteroatoms. The van der Waals surface area contributed by atoms with Gasteiger partial charge in [0.1, 0.15) is 16.3 Å². The number of nitrogens with zero attached hydrogens (tertiary/aromatic N) is 2. The molecular weight excluding hydrogens is 325 g/mol. The molecule has 0 aliphatic carbocycles. The Morgan fingerprint density at radius 1 is 1.17 bits per heavy atom. The molecule has 1 aromatic carbocycles. The molecule has 124 valence electrons. The number of piperidine rings is 1. The molecule has 0 radical (unpaired) electrons. The Balaban J connectivity index is 1.67. The molecular formula is C18H18FN3OS. The minimum Gasteiger partial charge on any atom is -0.308 e. The van der Waals surface area contributed by atoms with E-state index >= 15 is 0 Å². The second-order valence-corrected chi connectivity index (χ2v) is 7.23. The fourth-order valence-electron chi connectivity index (χ4n) is 3.15. The van der Waals surface area contributed by atoms with Crippen LogP contribution in [-0.2, 0) is 6.54 Å². The van der Waals surface area contributed by atoms with E-state index in [4.69, 9.17) is 0 Å². The molecule has 24 heavy (non-hydrogen) atoms. The highest BCUT2D eigenvalue weighted by atomic mass is 32.1. The van der Waals surface area contributed by atoms with E-state index in [1.807, 2.05) is 6.07 Å². The van der Waals surface area contributed by atoms with E-state index in [-0.39, 0.29) is 11.4 Å². The molecule has 2 aromatic heterocycles. The first kappa shape index (κ1) is 15.5. The number of nitrogens with one attached hydrogen (secondary N) is 1. The molecule has 0 saturated carbocycles. The van der Waals surface area contributed by atoms with Gasteiger partial charge in [-0.3, -0.25) is 9.69 Å². The van der Waals surface area contributed by atoms with E-state index in [2.05, 4.69) is 14.9 Å². The summed E-state index contributed by atoms with van der Waals surface area (Å²) in [5, 5.41) is 0. The second-order valence-electron chi connectivity index (χ2n) is 6.18. The van der Waals surface area contributed by atoms with Crippen LogP contribution in [0.5, 0.6) is 0 Å². The van der Waals surface area contributed by atoms with Gasteiger partial charge in [0.2, 0.25) is 0 Å². The number of fused-ring (bicyclic) bond motifs is 1. The van der Waals surface area contributed by atoms with Crippen LogP contribution in [0.15, 0.2) is 35.1 Å². The highest BCUT2D eigenvalue weighted by molar-refractivity contribution is 7.22. The zero-order chi connectivity index (χ0) is 16.5. The molecule has 3 aromatic rings. The number of hydrogen-bond donors (Lipinski definition) is 1. The summed E-state index contributed by atoms with van der Waals surface area (Å²) in [7, 11) is 0. The van der Waals surface area contributed by atoms with Gasteiger partial charge < -0.3 is 4.98 Å². The third-order valence-corrected chi connectivity index (χ3v) is 5.55. The fourth-order valence-corrected chi connectivity index (χ4v) is 4.15. The highest BCUT2D eigenvalue weighted by Crippen LogP contribution is 2.31. The van der Waals surface area contributed by atoms with Crippen LogP contribution in [0, 0.1) is 5.82 Å². The Hall–Kier alpha value is -2.05. The first-order valence-electron chi connectivity index (χ1n) is 8.20. The van der Waals surface area contributed by atoms with E-state index < -0.39 is 0 Å². The van der Waals surface area contributed by atoms with Gasteiger partial charge in [-0.2, -0.15) is 0 Å². The van der Waals surface area contributed by atoms with Crippen molar-refractivity contribution in [2.75, 3.05) is 13.1 Å². The first-order valence-corrected chi connectivity index (χ1v) is 9.02. The molecule has 1 N–H and O–H groups in total. The van der Waals surface area contributed by atoms with Crippen LogP contribution in [0.25, 0.3) is 20.7 Å². The van der Waals surface area contributed by atoms with Crippen molar-refractivity contribution in [3.05, 3.63) is 52.3 Å². The summed E-state index contributed by atoms with van der Waals surface area (Å²) in [4.78, 5) is 23.2. The fraction of sp³-hybridized carbons (Fsp3) is 0.333. The van der Waals surface area contributed by atoms with Gasteiger partial charge in [-0.15, -0.1) is 11.3 Å². The monoisotopic (exact) mass is 343 g/mol. The summed E-state index contributed by atoms with van der Waals surface area (Å²) in [5.41, 5.74) is 1.52. The Bertz CT molecular complexity index is 910. The van der Waals surface area contributed by atoms with Crippen molar-refractivity contribution in [3.63, 3.8) is 0 Å². The van der Waals surface area contributed by atoms with Gasteiger partial charge in [0.25, 0.3) is 5.56 Å². The van der Waals surface area contributed by atoms with Crippen LogP contribution < -0.4 is 5.56 Å². The zero-order valence-electron chi connectivity index (χ0n) is 13.2. The van der Waals surface area contributed by atoms with E-state index in [1.165, 1.54) is 42.7 Å². The maximum absolute atomic E-state index is 13.1. The number of likely N-dealkylation sites (tertiary alicyclic amines) is 1. The van der Waals surface area contributed by atoms with E-state index in [0.717, 1.165) is 34.9 Å². The van der Waals surface area contributed by atoms with E-state index in [1.54, 1.807) is 12.1 Å². The van der Waals surface area contributed by atoms with Crippen LogP contribution in [0.1, 0.15) is 25.1 Å². The molecule has 1 fully saturated rings. The van der Waals surface area contributed by atoms with Crippen molar-refractivity contribution in [2.45, 2.75) is 25.8 Å². The molecule has 1 saturated heterocycles. The normalized spacial score (nSPS) is 15.9. The number of halogens is 1. The number of thiophene rings is 1. The van der Waals surface area contributed by atoms with Gasteiger partial charge in [0.15, 0.2) is 0 Å². The Morgan fingerprint density at radius 3 is 2.67 bits per heavy atom. The molecule has 4 nitrogen and oxygen atoms in total. The number of aromatic nitrogens is 2. The smallest absolute Gasteiger partial charge is 0.268 e. The summed E-state index contributed by atoms with van der Waals surface area (Å²) < 4.78 is 13.7. The summed E-state index contributed by atoms with van der Waals surface area (Å²) in [6.07, 6.45) is 3.70. The largest absolute Gasteiger partial charge is 0.308 e. The van der Waals surface area contributed by atoms with Crippen LogP contribution in [0.3, 0.4) is 0 Å². The summed E-state index contributed by atoms with van der Waals surface area (Å²) in [5.74, 6) is 0.456. The summed E-state index contributed by atoms with van der Waals surface area (Å²) in [6, 6.07) is 8.23. The van der Waals surface area contributed by atoms with E-state index in [9.17, 15) is 9.18 Å². The van der Waals surface area contributed by atoms with Crippen LogP contribution in [0.4, 0.5) is 4.39 Å². The Morgan fingerprint density at radius 2 is 1.92 bits per heavy atom. The third kappa shape index (κ3) is 3.12. The average Bonchev–Trinajstić information content (AvgIpc) is 3.01.